The fourth-order valence-corrected chi connectivity index (χ4v) is 3.40. The van der Waals surface area contributed by atoms with Crippen LogP contribution in [0.1, 0.15) is 36.7 Å². The van der Waals surface area contributed by atoms with Crippen LogP contribution in [0.4, 0.5) is 22.1 Å². The molecule has 0 aliphatic heterocycles. The Morgan fingerprint density at radius 1 is 1.24 bits per heavy atom. The maximum atomic E-state index is 13.2. The molecule has 4 heterocycles. The monoisotopic (exact) mass is 503 g/mol. The first kappa shape index (κ1) is 25.1. The number of ether oxygens (including phenoxy) is 2. The topological polar surface area (TPSA) is 153 Å². The van der Waals surface area contributed by atoms with E-state index < -0.39 is 11.7 Å². The van der Waals surface area contributed by atoms with Gasteiger partial charge in [-0.2, -0.15) is 20.0 Å². The van der Waals surface area contributed by atoms with Crippen molar-refractivity contribution in [3.05, 3.63) is 54.1 Å². The number of nitrogens with one attached hydrogen (secondary N) is 1. The van der Waals surface area contributed by atoms with Gasteiger partial charge in [-0.05, 0) is 32.9 Å². The lowest BCUT2D eigenvalue weighted by Gasteiger charge is -2.25. The van der Waals surface area contributed by atoms with E-state index in [1.807, 2.05) is 6.07 Å². The number of hydrogen-bond acceptors (Lipinski definition) is 10. The van der Waals surface area contributed by atoms with Crippen molar-refractivity contribution >= 4 is 34.8 Å². The summed E-state index contributed by atoms with van der Waals surface area (Å²) in [4.78, 5) is 36.1. The second-order valence-electron chi connectivity index (χ2n) is 8.98. The lowest BCUT2D eigenvalue weighted by Crippen LogP contribution is -2.35. The lowest BCUT2D eigenvalue weighted by atomic mass is 10.2. The highest BCUT2D eigenvalue weighted by Gasteiger charge is 2.25. The number of ketones is 1. The van der Waals surface area contributed by atoms with Crippen LogP contribution >= 0.6 is 0 Å². The van der Waals surface area contributed by atoms with E-state index in [1.165, 1.54) is 46.8 Å². The molecule has 1 amide bonds. The predicted octanol–water partition coefficient (Wildman–Crippen LogP) is 3.20. The first-order chi connectivity index (χ1) is 17.6. The molecule has 0 atom stereocenters. The third-order valence-electron chi connectivity index (χ3n) is 5.06. The fraction of sp³-hybridized carbons (Fsp3) is 0.292. The van der Waals surface area contributed by atoms with Crippen molar-refractivity contribution in [1.29, 1.82) is 5.26 Å². The Kier molecular flexibility index (Phi) is 6.75. The molecule has 0 spiro atoms. The molecule has 13 nitrogen and oxygen atoms in total. The average molecular weight is 504 g/mol. The number of rotatable bonds is 7. The maximum Gasteiger partial charge on any atom is 0.415 e. The van der Waals surface area contributed by atoms with Crippen molar-refractivity contribution in [2.24, 2.45) is 0 Å². The Bertz CT molecular complexity index is 1510. The van der Waals surface area contributed by atoms with Crippen LogP contribution in [0.3, 0.4) is 0 Å². The van der Waals surface area contributed by atoms with Gasteiger partial charge in [0, 0.05) is 25.5 Å². The summed E-state index contributed by atoms with van der Waals surface area (Å²) in [5.74, 6) is 0.610. The van der Waals surface area contributed by atoms with E-state index in [0.29, 0.717) is 28.8 Å². The molecule has 4 rings (SSSR count). The predicted molar refractivity (Wildman–Crippen MR) is 133 cm³/mol. The quantitative estimate of drug-likeness (QED) is 0.372. The second kappa shape index (κ2) is 9.94. The SMILES string of the molecule is COc1ncccc1Nc1cc(N(C)C(=O)OC(C)(C)C)n2ncc(C(=O)Cn3cc(C#N)cn3)c2n1. The van der Waals surface area contributed by atoms with Crippen LogP contribution in [-0.2, 0) is 11.3 Å². The Morgan fingerprint density at radius 3 is 2.70 bits per heavy atom. The van der Waals surface area contributed by atoms with E-state index in [2.05, 4.69) is 25.5 Å². The van der Waals surface area contributed by atoms with Crippen molar-refractivity contribution in [2.75, 3.05) is 24.4 Å². The molecule has 0 saturated heterocycles. The number of Topliss-reactive ketones (excluding diaryl/α,β-unsaturated/α-hetero) is 1. The molecule has 0 bridgehead atoms. The van der Waals surface area contributed by atoms with Gasteiger partial charge in [0.15, 0.2) is 11.4 Å². The van der Waals surface area contributed by atoms with Gasteiger partial charge in [0.25, 0.3) is 0 Å². The summed E-state index contributed by atoms with van der Waals surface area (Å²) in [7, 11) is 3.03. The normalized spacial score (nSPS) is 11.1. The van der Waals surface area contributed by atoms with Crippen LogP contribution in [0.15, 0.2) is 43.0 Å². The van der Waals surface area contributed by atoms with Gasteiger partial charge in [0.2, 0.25) is 5.88 Å². The van der Waals surface area contributed by atoms with Gasteiger partial charge in [-0.15, -0.1) is 0 Å². The highest BCUT2D eigenvalue weighted by molar-refractivity contribution is 6.01. The number of hydrogen-bond donors (Lipinski definition) is 1. The van der Waals surface area contributed by atoms with Gasteiger partial charge in [-0.3, -0.25) is 14.4 Å². The smallest absolute Gasteiger partial charge is 0.415 e. The second-order valence-corrected chi connectivity index (χ2v) is 8.98. The zero-order valence-corrected chi connectivity index (χ0v) is 21.0. The Morgan fingerprint density at radius 2 is 2.03 bits per heavy atom. The molecular weight excluding hydrogens is 478 g/mol. The number of pyridine rings is 1. The summed E-state index contributed by atoms with van der Waals surface area (Å²) in [6.45, 7) is 5.16. The van der Waals surface area contributed by atoms with Crippen LogP contribution in [0.25, 0.3) is 5.65 Å². The summed E-state index contributed by atoms with van der Waals surface area (Å²) in [5.41, 5.74) is 0.550. The summed E-state index contributed by atoms with van der Waals surface area (Å²) in [6.07, 6.45) is 5.19. The zero-order valence-electron chi connectivity index (χ0n) is 21.0. The van der Waals surface area contributed by atoms with Crippen LogP contribution in [0.2, 0.25) is 0 Å². The van der Waals surface area contributed by atoms with Crippen LogP contribution in [0, 0.1) is 11.3 Å². The number of nitriles is 1. The standard InChI is InChI=1S/C24H25N9O4/c1-24(2,3)37-23(35)31(4)20-9-19(29-17-7-6-8-26-22(17)36-5)30-21-16(12-28-33(20)21)18(34)14-32-13-15(10-25)11-27-32/h6-9,11-13H,14H2,1-5H3,(H,29,30). The van der Waals surface area contributed by atoms with Gasteiger partial charge in [-0.25, -0.2) is 14.8 Å². The third kappa shape index (κ3) is 5.48. The molecule has 0 radical (unpaired) electrons. The first-order valence-electron chi connectivity index (χ1n) is 11.2. The number of nitrogens with zero attached hydrogens (tertiary/aromatic N) is 8. The molecule has 0 saturated carbocycles. The lowest BCUT2D eigenvalue weighted by molar-refractivity contribution is 0.0587. The molecule has 0 aliphatic carbocycles. The van der Waals surface area contributed by atoms with Crippen LogP contribution in [-0.4, -0.2) is 61.0 Å². The summed E-state index contributed by atoms with van der Waals surface area (Å²) in [6, 6.07) is 7.05. The average Bonchev–Trinajstić information content (AvgIpc) is 3.49. The zero-order chi connectivity index (χ0) is 26.7. The van der Waals surface area contributed by atoms with Gasteiger partial charge >= 0.3 is 6.09 Å². The van der Waals surface area contributed by atoms with E-state index >= 15 is 0 Å². The molecule has 13 heteroatoms. The minimum absolute atomic E-state index is 0.129. The number of methoxy groups -OCH3 is 1. The van der Waals surface area contributed by atoms with Gasteiger partial charge < -0.3 is 14.8 Å². The number of carbonyl (C=O) groups is 2. The van der Waals surface area contributed by atoms with E-state index in [0.717, 1.165) is 0 Å². The van der Waals surface area contributed by atoms with E-state index in [1.54, 1.807) is 45.2 Å². The first-order valence-corrected chi connectivity index (χ1v) is 11.2. The third-order valence-corrected chi connectivity index (χ3v) is 5.06. The van der Waals surface area contributed by atoms with Gasteiger partial charge in [0.1, 0.15) is 35.5 Å². The molecule has 190 valence electrons. The number of aromatic nitrogens is 6. The highest BCUT2D eigenvalue weighted by Crippen LogP contribution is 2.28. The van der Waals surface area contributed by atoms with Gasteiger partial charge in [-0.1, -0.05) is 0 Å². The number of fused-ring (bicyclic) bond motifs is 1. The fourth-order valence-electron chi connectivity index (χ4n) is 3.40. The highest BCUT2D eigenvalue weighted by atomic mass is 16.6. The van der Waals surface area contributed by atoms with Crippen molar-refractivity contribution in [3.8, 4) is 11.9 Å². The molecule has 1 N–H and O–H groups in total. The Labute approximate surface area is 212 Å². The van der Waals surface area contributed by atoms with E-state index in [4.69, 9.17) is 14.7 Å². The maximum absolute atomic E-state index is 13.2. The van der Waals surface area contributed by atoms with Crippen molar-refractivity contribution < 1.29 is 19.1 Å². The Hall–Kier alpha value is -4.99. The summed E-state index contributed by atoms with van der Waals surface area (Å²) < 4.78 is 13.6. The molecule has 0 unspecified atom stereocenters. The molecule has 0 aromatic carbocycles. The molecular formula is C24H25N9O4. The Balaban J connectivity index is 1.78. The molecule has 37 heavy (non-hydrogen) atoms. The summed E-state index contributed by atoms with van der Waals surface area (Å²) in [5, 5.41) is 20.5. The van der Waals surface area contributed by atoms with E-state index in [-0.39, 0.29) is 23.5 Å². The molecule has 0 aliphatic rings. The minimum Gasteiger partial charge on any atom is -0.480 e. The van der Waals surface area contributed by atoms with E-state index in [9.17, 15) is 9.59 Å². The van der Waals surface area contributed by atoms with Crippen LogP contribution in [0.5, 0.6) is 5.88 Å². The van der Waals surface area contributed by atoms with Crippen molar-refractivity contribution in [2.45, 2.75) is 32.9 Å². The van der Waals surface area contributed by atoms with Crippen molar-refractivity contribution in [1.82, 2.24) is 29.4 Å². The largest absolute Gasteiger partial charge is 0.480 e. The van der Waals surface area contributed by atoms with Gasteiger partial charge in [0.05, 0.1) is 30.6 Å². The summed E-state index contributed by atoms with van der Waals surface area (Å²) >= 11 is 0. The molecule has 0 fully saturated rings. The number of anilines is 3. The van der Waals surface area contributed by atoms with Crippen molar-refractivity contribution in [3.63, 3.8) is 0 Å². The molecule has 4 aromatic heterocycles. The minimum atomic E-state index is -0.723. The number of carbonyl (C=O) groups excluding carboxylic acids is 2. The molecule has 4 aromatic rings. The number of amides is 1. The van der Waals surface area contributed by atoms with Crippen LogP contribution < -0.4 is 15.0 Å².